The molecule has 1 amide bonds. The monoisotopic (exact) mass is 281 g/mol. The van der Waals surface area contributed by atoms with Gasteiger partial charge in [-0.25, -0.2) is 5.01 Å². The fraction of sp³-hybridized carbons (Fsp3) is 0.867. The van der Waals surface area contributed by atoms with Crippen molar-refractivity contribution in [2.45, 2.75) is 70.4 Å². The molecule has 0 bridgehead atoms. The van der Waals surface area contributed by atoms with E-state index in [1.165, 1.54) is 0 Å². The van der Waals surface area contributed by atoms with E-state index in [-0.39, 0.29) is 17.9 Å². The van der Waals surface area contributed by atoms with E-state index in [1.54, 1.807) is 5.01 Å². The molecule has 0 aromatic rings. The van der Waals surface area contributed by atoms with Gasteiger partial charge in [-0.05, 0) is 38.6 Å². The second kappa shape index (κ2) is 7.18. The van der Waals surface area contributed by atoms with Crippen molar-refractivity contribution in [2.75, 3.05) is 6.54 Å². The van der Waals surface area contributed by atoms with Crippen LogP contribution in [-0.4, -0.2) is 40.4 Å². The summed E-state index contributed by atoms with van der Waals surface area (Å²) in [6.45, 7) is 2.71. The fourth-order valence-corrected chi connectivity index (χ4v) is 3.27. The van der Waals surface area contributed by atoms with Crippen molar-refractivity contribution < 1.29 is 9.90 Å². The van der Waals surface area contributed by atoms with Crippen LogP contribution in [-0.2, 0) is 4.79 Å². The van der Waals surface area contributed by atoms with Gasteiger partial charge in [0.25, 0.3) is 5.91 Å². The molecule has 0 aromatic heterocycles. The van der Waals surface area contributed by atoms with Gasteiger partial charge >= 0.3 is 0 Å². The molecule has 1 heterocycles. The number of nitrogens with zero attached hydrogens (tertiary/aromatic N) is 2. The number of aliphatic hydroxyl groups is 1. The van der Waals surface area contributed by atoms with Gasteiger partial charge in [0.05, 0.1) is 23.8 Å². The first-order chi connectivity index (χ1) is 9.69. The lowest BCUT2D eigenvalue weighted by Gasteiger charge is -2.32. The van der Waals surface area contributed by atoms with Crippen LogP contribution in [0.2, 0.25) is 0 Å². The Morgan fingerprint density at radius 1 is 1.40 bits per heavy atom. The Morgan fingerprint density at radius 2 is 2.15 bits per heavy atom. The molecule has 0 spiro atoms. The van der Waals surface area contributed by atoms with Crippen molar-refractivity contribution in [1.29, 1.82) is 0 Å². The average molecular weight is 281 g/mol. The summed E-state index contributed by atoms with van der Waals surface area (Å²) in [7, 11) is 0. The third kappa shape index (κ3) is 3.20. The lowest BCUT2D eigenvalue weighted by molar-refractivity contribution is -0.137. The van der Waals surface area contributed by atoms with Crippen molar-refractivity contribution in [3.8, 4) is 0 Å². The standard InChI is InChI=1S/C15H27N3O2/c1-2-6-12-11(7-5-10-16)15(20)18(17-12)13-8-3-4-9-14(13)19/h11,13-14,19H,2-10,16H2,1H3. The Bertz CT molecular complexity index is 370. The summed E-state index contributed by atoms with van der Waals surface area (Å²) in [4.78, 5) is 12.6. The summed E-state index contributed by atoms with van der Waals surface area (Å²) in [5.41, 5.74) is 6.56. The third-order valence-corrected chi connectivity index (χ3v) is 4.37. The molecular formula is C15H27N3O2. The zero-order chi connectivity index (χ0) is 14.5. The molecule has 2 aliphatic rings. The largest absolute Gasteiger partial charge is 0.391 e. The van der Waals surface area contributed by atoms with Crippen LogP contribution in [0, 0.1) is 5.92 Å². The van der Waals surface area contributed by atoms with E-state index in [0.717, 1.165) is 57.1 Å². The van der Waals surface area contributed by atoms with Gasteiger partial charge in [0, 0.05) is 0 Å². The molecule has 3 unspecified atom stereocenters. The van der Waals surface area contributed by atoms with Crippen LogP contribution in [0.4, 0.5) is 0 Å². The van der Waals surface area contributed by atoms with E-state index < -0.39 is 6.10 Å². The van der Waals surface area contributed by atoms with Crippen molar-refractivity contribution in [3.05, 3.63) is 0 Å². The maximum Gasteiger partial charge on any atom is 0.251 e. The zero-order valence-electron chi connectivity index (χ0n) is 12.4. The van der Waals surface area contributed by atoms with Gasteiger partial charge in [0.2, 0.25) is 0 Å². The molecule has 0 aromatic carbocycles. The van der Waals surface area contributed by atoms with Gasteiger partial charge in [-0.1, -0.05) is 26.2 Å². The van der Waals surface area contributed by atoms with Crippen LogP contribution in [0.5, 0.6) is 0 Å². The van der Waals surface area contributed by atoms with Gasteiger partial charge in [-0.2, -0.15) is 5.10 Å². The molecule has 0 saturated heterocycles. The Labute approximate surface area is 121 Å². The number of hydrogen-bond donors (Lipinski definition) is 2. The fourth-order valence-electron chi connectivity index (χ4n) is 3.27. The molecule has 114 valence electrons. The van der Waals surface area contributed by atoms with Crippen molar-refractivity contribution in [3.63, 3.8) is 0 Å². The lowest BCUT2D eigenvalue weighted by Crippen LogP contribution is -2.45. The van der Waals surface area contributed by atoms with Crippen LogP contribution in [0.25, 0.3) is 0 Å². The highest BCUT2D eigenvalue weighted by Crippen LogP contribution is 2.30. The topological polar surface area (TPSA) is 78.9 Å². The Balaban J connectivity index is 2.11. The first-order valence-corrected chi connectivity index (χ1v) is 7.97. The SMILES string of the molecule is CCCC1=NN(C2CCCCC2O)C(=O)C1CCCN. The maximum atomic E-state index is 12.6. The molecule has 3 N–H and O–H groups in total. The number of nitrogens with two attached hydrogens (primary N) is 1. The predicted octanol–water partition coefficient (Wildman–Crippen LogP) is 1.64. The minimum atomic E-state index is -0.424. The van der Waals surface area contributed by atoms with Crippen LogP contribution in [0.15, 0.2) is 5.10 Å². The Kier molecular flexibility index (Phi) is 5.54. The van der Waals surface area contributed by atoms with Crippen LogP contribution < -0.4 is 5.73 Å². The molecular weight excluding hydrogens is 254 g/mol. The molecule has 20 heavy (non-hydrogen) atoms. The Hall–Kier alpha value is -0.940. The van der Waals surface area contributed by atoms with Gasteiger partial charge in [-0.15, -0.1) is 0 Å². The molecule has 2 rings (SSSR count). The number of rotatable bonds is 6. The van der Waals surface area contributed by atoms with Crippen LogP contribution in [0.3, 0.4) is 0 Å². The smallest absolute Gasteiger partial charge is 0.251 e. The van der Waals surface area contributed by atoms with E-state index in [2.05, 4.69) is 12.0 Å². The van der Waals surface area contributed by atoms with E-state index in [0.29, 0.717) is 6.54 Å². The predicted molar refractivity (Wildman–Crippen MR) is 79.2 cm³/mol. The highest BCUT2D eigenvalue weighted by Gasteiger charge is 2.41. The third-order valence-electron chi connectivity index (χ3n) is 4.37. The van der Waals surface area contributed by atoms with Crippen molar-refractivity contribution in [1.82, 2.24) is 5.01 Å². The lowest BCUT2D eigenvalue weighted by atomic mass is 9.90. The maximum absolute atomic E-state index is 12.6. The molecule has 3 atom stereocenters. The first-order valence-electron chi connectivity index (χ1n) is 7.97. The minimum Gasteiger partial charge on any atom is -0.391 e. The molecule has 1 saturated carbocycles. The van der Waals surface area contributed by atoms with Gasteiger partial charge < -0.3 is 10.8 Å². The number of hydrazone groups is 1. The summed E-state index contributed by atoms with van der Waals surface area (Å²) in [5, 5.41) is 16.3. The van der Waals surface area contributed by atoms with Crippen molar-refractivity contribution in [2.24, 2.45) is 16.8 Å². The summed E-state index contributed by atoms with van der Waals surface area (Å²) in [6, 6.07) is -0.119. The molecule has 0 radical (unpaired) electrons. The number of aliphatic hydroxyl groups excluding tert-OH is 1. The van der Waals surface area contributed by atoms with Crippen LogP contribution >= 0.6 is 0 Å². The van der Waals surface area contributed by atoms with E-state index >= 15 is 0 Å². The molecule has 1 aliphatic carbocycles. The summed E-state index contributed by atoms with van der Waals surface area (Å²) in [6.07, 6.45) is 6.81. The molecule has 1 fully saturated rings. The van der Waals surface area contributed by atoms with Gasteiger partial charge in [0.15, 0.2) is 0 Å². The summed E-state index contributed by atoms with van der Waals surface area (Å²) in [5.74, 6) is -0.0273. The summed E-state index contributed by atoms with van der Waals surface area (Å²) >= 11 is 0. The molecule has 1 aliphatic heterocycles. The first kappa shape index (κ1) is 15.4. The number of amides is 1. The quantitative estimate of drug-likeness (QED) is 0.777. The molecule has 5 nitrogen and oxygen atoms in total. The number of hydrogen-bond acceptors (Lipinski definition) is 4. The van der Waals surface area contributed by atoms with Crippen molar-refractivity contribution >= 4 is 11.6 Å². The minimum absolute atomic E-state index is 0.0767. The zero-order valence-corrected chi connectivity index (χ0v) is 12.4. The summed E-state index contributed by atoms with van der Waals surface area (Å²) < 4.78 is 0. The van der Waals surface area contributed by atoms with Gasteiger partial charge in [-0.3, -0.25) is 4.79 Å². The van der Waals surface area contributed by atoms with E-state index in [9.17, 15) is 9.90 Å². The number of carbonyl (C=O) groups excluding carboxylic acids is 1. The normalized spacial score (nSPS) is 30.8. The highest BCUT2D eigenvalue weighted by atomic mass is 16.3. The highest BCUT2D eigenvalue weighted by molar-refractivity contribution is 6.08. The van der Waals surface area contributed by atoms with E-state index in [1.807, 2.05) is 0 Å². The number of carbonyl (C=O) groups is 1. The second-order valence-corrected chi connectivity index (χ2v) is 5.93. The Morgan fingerprint density at radius 3 is 2.80 bits per heavy atom. The van der Waals surface area contributed by atoms with Gasteiger partial charge in [0.1, 0.15) is 0 Å². The molecule has 5 heteroatoms. The second-order valence-electron chi connectivity index (χ2n) is 5.93. The van der Waals surface area contributed by atoms with Crippen LogP contribution in [0.1, 0.15) is 58.3 Å². The van der Waals surface area contributed by atoms with E-state index in [4.69, 9.17) is 5.73 Å². The average Bonchev–Trinajstić information content (AvgIpc) is 2.74.